The molecule has 0 unspecified atom stereocenters. The highest BCUT2D eigenvalue weighted by atomic mass is 35.5. The molecule has 0 atom stereocenters. The van der Waals surface area contributed by atoms with Gasteiger partial charge in [0.1, 0.15) is 6.26 Å². The summed E-state index contributed by atoms with van der Waals surface area (Å²) < 4.78 is 4.90. The van der Waals surface area contributed by atoms with Crippen LogP contribution in [0, 0.1) is 6.92 Å². The molecule has 1 rings (SSSR count). The predicted octanol–water partition coefficient (Wildman–Crippen LogP) is 1.55. The molecule has 66 valence electrons. The standard InChI is InChI=1S/C7H9ClN2O2/c1-5-4-12-7(9-5)10-6(11)2-3-8/h4H,2-3H2,1H3,(H,9,10,11). The fourth-order valence-corrected chi connectivity index (χ4v) is 0.851. The van der Waals surface area contributed by atoms with E-state index in [1.165, 1.54) is 6.26 Å². The van der Waals surface area contributed by atoms with Crippen molar-refractivity contribution >= 4 is 23.5 Å². The Morgan fingerprint density at radius 3 is 3.08 bits per heavy atom. The first-order chi connectivity index (χ1) is 5.72. The van der Waals surface area contributed by atoms with Gasteiger partial charge in [-0.2, -0.15) is 4.98 Å². The highest BCUT2D eigenvalue weighted by Gasteiger charge is 2.04. The van der Waals surface area contributed by atoms with Crippen LogP contribution in [-0.4, -0.2) is 16.8 Å². The van der Waals surface area contributed by atoms with E-state index in [0.29, 0.717) is 5.88 Å². The van der Waals surface area contributed by atoms with E-state index in [1.54, 1.807) is 6.92 Å². The van der Waals surface area contributed by atoms with Gasteiger partial charge in [-0.15, -0.1) is 11.6 Å². The number of oxazole rings is 1. The van der Waals surface area contributed by atoms with Crippen molar-refractivity contribution in [2.24, 2.45) is 0 Å². The lowest BCUT2D eigenvalue weighted by Crippen LogP contribution is -2.11. The van der Waals surface area contributed by atoms with Gasteiger partial charge in [0.2, 0.25) is 5.91 Å². The lowest BCUT2D eigenvalue weighted by molar-refractivity contribution is -0.115. The molecule has 0 aliphatic heterocycles. The molecule has 0 aliphatic carbocycles. The van der Waals surface area contributed by atoms with E-state index in [1.807, 2.05) is 0 Å². The average molecular weight is 189 g/mol. The molecule has 4 nitrogen and oxygen atoms in total. The summed E-state index contributed by atoms with van der Waals surface area (Å²) in [4.78, 5) is 14.8. The molecule has 1 amide bonds. The summed E-state index contributed by atoms with van der Waals surface area (Å²) >= 11 is 5.36. The van der Waals surface area contributed by atoms with Crippen LogP contribution in [0.3, 0.4) is 0 Å². The number of amides is 1. The van der Waals surface area contributed by atoms with E-state index in [0.717, 1.165) is 5.69 Å². The zero-order valence-electron chi connectivity index (χ0n) is 6.63. The van der Waals surface area contributed by atoms with Gasteiger partial charge in [-0.3, -0.25) is 10.1 Å². The third kappa shape index (κ3) is 2.54. The molecule has 0 aliphatic rings. The molecule has 12 heavy (non-hydrogen) atoms. The molecule has 0 saturated carbocycles. The molecule has 1 aromatic rings. The van der Waals surface area contributed by atoms with E-state index in [9.17, 15) is 4.79 Å². The predicted molar refractivity (Wildman–Crippen MR) is 45.2 cm³/mol. The number of aromatic nitrogens is 1. The maximum atomic E-state index is 10.9. The second-order valence-electron chi connectivity index (χ2n) is 2.28. The smallest absolute Gasteiger partial charge is 0.301 e. The third-order valence-electron chi connectivity index (χ3n) is 1.19. The van der Waals surface area contributed by atoms with E-state index >= 15 is 0 Å². The average Bonchev–Trinajstić information content (AvgIpc) is 2.36. The number of aryl methyl sites for hydroxylation is 1. The van der Waals surface area contributed by atoms with Crippen LogP contribution in [0.15, 0.2) is 10.7 Å². The zero-order valence-corrected chi connectivity index (χ0v) is 7.39. The Labute approximate surface area is 74.9 Å². The normalized spacial score (nSPS) is 9.83. The lowest BCUT2D eigenvalue weighted by Gasteiger charge is -1.95. The summed E-state index contributed by atoms with van der Waals surface area (Å²) in [6.45, 7) is 1.78. The highest BCUT2D eigenvalue weighted by Crippen LogP contribution is 2.06. The molecule has 0 saturated heterocycles. The van der Waals surface area contributed by atoms with Crippen molar-refractivity contribution in [1.82, 2.24) is 4.98 Å². The minimum absolute atomic E-state index is 0.188. The van der Waals surface area contributed by atoms with Crippen LogP contribution in [0.5, 0.6) is 0 Å². The molecule has 0 bridgehead atoms. The summed E-state index contributed by atoms with van der Waals surface area (Å²) in [5.41, 5.74) is 0.733. The van der Waals surface area contributed by atoms with Crippen molar-refractivity contribution in [3.8, 4) is 0 Å². The van der Waals surface area contributed by atoms with Crippen molar-refractivity contribution < 1.29 is 9.21 Å². The minimum atomic E-state index is -0.188. The number of alkyl halides is 1. The van der Waals surface area contributed by atoms with Crippen LogP contribution in [0.2, 0.25) is 0 Å². The van der Waals surface area contributed by atoms with Crippen LogP contribution in [0.1, 0.15) is 12.1 Å². The fraction of sp³-hybridized carbons (Fsp3) is 0.429. The molecule has 0 aromatic carbocycles. The number of nitrogens with one attached hydrogen (secondary N) is 1. The molecule has 0 radical (unpaired) electrons. The monoisotopic (exact) mass is 188 g/mol. The van der Waals surface area contributed by atoms with Gasteiger partial charge in [0, 0.05) is 12.3 Å². The molecule has 1 N–H and O–H groups in total. The van der Waals surface area contributed by atoms with Crippen molar-refractivity contribution in [3.05, 3.63) is 12.0 Å². The second-order valence-corrected chi connectivity index (χ2v) is 2.66. The maximum absolute atomic E-state index is 10.9. The van der Waals surface area contributed by atoms with Gasteiger partial charge in [-0.25, -0.2) is 0 Å². The topological polar surface area (TPSA) is 55.1 Å². The van der Waals surface area contributed by atoms with Crippen molar-refractivity contribution in [1.29, 1.82) is 0 Å². The van der Waals surface area contributed by atoms with Gasteiger partial charge >= 0.3 is 6.01 Å². The Morgan fingerprint density at radius 1 is 1.83 bits per heavy atom. The first-order valence-corrected chi connectivity index (χ1v) is 4.04. The Balaban J connectivity index is 2.46. The van der Waals surface area contributed by atoms with Crippen molar-refractivity contribution in [2.45, 2.75) is 13.3 Å². The van der Waals surface area contributed by atoms with Gasteiger partial charge in [0.25, 0.3) is 0 Å². The summed E-state index contributed by atoms with van der Waals surface area (Å²) in [5.74, 6) is 0.109. The molecule has 5 heteroatoms. The number of halogens is 1. The van der Waals surface area contributed by atoms with Gasteiger partial charge in [0.15, 0.2) is 0 Å². The van der Waals surface area contributed by atoms with Gasteiger partial charge < -0.3 is 4.42 Å². The quantitative estimate of drug-likeness (QED) is 0.733. The van der Waals surface area contributed by atoms with Crippen LogP contribution >= 0.6 is 11.6 Å². The zero-order chi connectivity index (χ0) is 8.97. The minimum Gasteiger partial charge on any atom is -0.432 e. The van der Waals surface area contributed by atoms with Crippen LogP contribution in [0.4, 0.5) is 6.01 Å². The van der Waals surface area contributed by atoms with E-state index in [4.69, 9.17) is 16.0 Å². The van der Waals surface area contributed by atoms with Crippen LogP contribution in [-0.2, 0) is 4.79 Å². The molecule has 0 fully saturated rings. The van der Waals surface area contributed by atoms with Crippen LogP contribution in [0.25, 0.3) is 0 Å². The van der Waals surface area contributed by atoms with Crippen LogP contribution < -0.4 is 5.32 Å². The second kappa shape index (κ2) is 4.11. The Hall–Kier alpha value is -1.03. The summed E-state index contributed by atoms with van der Waals surface area (Å²) in [6, 6.07) is 0.225. The number of nitrogens with zero attached hydrogens (tertiary/aromatic N) is 1. The number of carbonyl (C=O) groups excluding carboxylic acids is 1. The van der Waals surface area contributed by atoms with E-state index in [-0.39, 0.29) is 18.3 Å². The first-order valence-electron chi connectivity index (χ1n) is 3.50. The fourth-order valence-electron chi connectivity index (χ4n) is 0.679. The van der Waals surface area contributed by atoms with Gasteiger partial charge in [-0.1, -0.05) is 0 Å². The molecular weight excluding hydrogens is 180 g/mol. The SMILES string of the molecule is Cc1coc(NC(=O)CCCl)n1. The largest absolute Gasteiger partial charge is 0.432 e. The number of rotatable bonds is 3. The summed E-state index contributed by atoms with van der Waals surface area (Å²) in [5, 5.41) is 2.46. The molecular formula is C7H9ClN2O2. The summed E-state index contributed by atoms with van der Waals surface area (Å²) in [6.07, 6.45) is 1.74. The first kappa shape index (κ1) is 9.06. The lowest BCUT2D eigenvalue weighted by atomic mass is 10.4. The Bertz CT molecular complexity index is 272. The molecule has 0 spiro atoms. The molecule has 1 aromatic heterocycles. The Morgan fingerprint density at radius 2 is 2.58 bits per heavy atom. The van der Waals surface area contributed by atoms with Gasteiger partial charge in [-0.05, 0) is 6.92 Å². The highest BCUT2D eigenvalue weighted by molar-refractivity contribution is 6.19. The molecule has 1 heterocycles. The number of hydrogen-bond donors (Lipinski definition) is 1. The van der Waals surface area contributed by atoms with Crippen molar-refractivity contribution in [2.75, 3.05) is 11.2 Å². The van der Waals surface area contributed by atoms with Crippen molar-refractivity contribution in [3.63, 3.8) is 0 Å². The number of anilines is 1. The van der Waals surface area contributed by atoms with E-state index < -0.39 is 0 Å². The number of hydrogen-bond acceptors (Lipinski definition) is 3. The number of carbonyl (C=O) groups is 1. The third-order valence-corrected chi connectivity index (χ3v) is 1.38. The van der Waals surface area contributed by atoms with E-state index in [2.05, 4.69) is 10.3 Å². The van der Waals surface area contributed by atoms with Gasteiger partial charge in [0.05, 0.1) is 5.69 Å². The summed E-state index contributed by atoms with van der Waals surface area (Å²) in [7, 11) is 0. The maximum Gasteiger partial charge on any atom is 0.301 e. The Kier molecular flexibility index (Phi) is 3.10.